The van der Waals surface area contributed by atoms with E-state index in [1.54, 1.807) is 7.11 Å². The Bertz CT molecular complexity index is 1100. The fourth-order valence-electron chi connectivity index (χ4n) is 3.70. The number of amidine groups is 1. The Kier molecular flexibility index (Phi) is 5.99. The number of hydrogen-bond donors (Lipinski definition) is 0. The van der Waals surface area contributed by atoms with Crippen LogP contribution in [0.4, 0.5) is 11.4 Å². The molecule has 0 amide bonds. The first kappa shape index (κ1) is 21.6. The van der Waals surface area contributed by atoms with E-state index >= 15 is 0 Å². The second-order valence-electron chi connectivity index (χ2n) is 8.78. The molecule has 1 fully saturated rings. The van der Waals surface area contributed by atoms with Crippen LogP contribution in [-0.2, 0) is 4.74 Å². The quantitative estimate of drug-likeness (QED) is 0.446. The first-order valence-electron chi connectivity index (χ1n) is 10.7. The van der Waals surface area contributed by atoms with Crippen LogP contribution in [0.15, 0.2) is 83.9 Å². The SMILES string of the molecule is COc1ccc(N2/C(=N/c3ccccc3)CC2c2ccc(C(=O)OC(C)(C)C)cc2)cc1. The number of rotatable bonds is 5. The second-order valence-corrected chi connectivity index (χ2v) is 8.78. The van der Waals surface area contributed by atoms with Crippen molar-refractivity contribution in [3.05, 3.63) is 90.0 Å². The average Bonchev–Trinajstić information content (AvgIpc) is 2.76. The fraction of sp³-hybridized carbons (Fsp3) is 0.259. The van der Waals surface area contributed by atoms with Crippen molar-refractivity contribution < 1.29 is 14.3 Å². The van der Waals surface area contributed by atoms with E-state index in [1.807, 2.05) is 99.6 Å². The summed E-state index contributed by atoms with van der Waals surface area (Å²) in [5.74, 6) is 1.51. The number of esters is 1. The number of anilines is 1. The van der Waals surface area contributed by atoms with Crippen molar-refractivity contribution in [3.8, 4) is 5.75 Å². The van der Waals surface area contributed by atoms with E-state index in [1.165, 1.54) is 0 Å². The number of nitrogens with zero attached hydrogens (tertiary/aromatic N) is 2. The lowest BCUT2D eigenvalue weighted by Gasteiger charge is -2.44. The lowest BCUT2D eigenvalue weighted by atomic mass is 9.91. The average molecular weight is 429 g/mol. The molecule has 0 N–H and O–H groups in total. The number of methoxy groups -OCH3 is 1. The van der Waals surface area contributed by atoms with Gasteiger partial charge in [-0.1, -0.05) is 30.3 Å². The summed E-state index contributed by atoms with van der Waals surface area (Å²) in [4.78, 5) is 19.5. The molecule has 32 heavy (non-hydrogen) atoms. The van der Waals surface area contributed by atoms with Crippen LogP contribution in [0.2, 0.25) is 0 Å². The van der Waals surface area contributed by atoms with Gasteiger partial charge in [-0.25, -0.2) is 9.79 Å². The van der Waals surface area contributed by atoms with Crippen molar-refractivity contribution in [2.24, 2.45) is 4.99 Å². The van der Waals surface area contributed by atoms with Gasteiger partial charge in [-0.3, -0.25) is 0 Å². The van der Waals surface area contributed by atoms with Crippen molar-refractivity contribution >= 4 is 23.2 Å². The number of para-hydroxylation sites is 1. The van der Waals surface area contributed by atoms with E-state index in [4.69, 9.17) is 14.5 Å². The van der Waals surface area contributed by atoms with Crippen molar-refractivity contribution in [2.75, 3.05) is 12.0 Å². The van der Waals surface area contributed by atoms with Gasteiger partial charge >= 0.3 is 5.97 Å². The van der Waals surface area contributed by atoms with E-state index in [0.29, 0.717) is 5.56 Å². The predicted molar refractivity (Wildman–Crippen MR) is 128 cm³/mol. The van der Waals surface area contributed by atoms with Gasteiger partial charge in [0.2, 0.25) is 0 Å². The van der Waals surface area contributed by atoms with Gasteiger partial charge in [-0.15, -0.1) is 0 Å². The molecule has 5 nitrogen and oxygen atoms in total. The standard InChI is InChI=1S/C27H28N2O3/c1-27(2,3)32-26(30)20-12-10-19(11-13-20)24-18-25(28-21-8-6-5-7-9-21)29(24)22-14-16-23(31-4)17-15-22/h5-17,24H,18H2,1-4H3/b28-25+. The Labute approximate surface area is 189 Å². The zero-order valence-corrected chi connectivity index (χ0v) is 18.9. The first-order chi connectivity index (χ1) is 15.3. The van der Waals surface area contributed by atoms with Gasteiger partial charge in [-0.05, 0) is 74.9 Å². The zero-order chi connectivity index (χ0) is 22.7. The fourth-order valence-corrected chi connectivity index (χ4v) is 3.70. The largest absolute Gasteiger partial charge is 0.497 e. The number of ether oxygens (including phenoxy) is 2. The minimum absolute atomic E-state index is 0.138. The molecule has 1 saturated heterocycles. The summed E-state index contributed by atoms with van der Waals surface area (Å²) in [7, 11) is 1.66. The molecule has 0 saturated carbocycles. The van der Waals surface area contributed by atoms with Crippen LogP contribution in [0.1, 0.15) is 49.2 Å². The highest BCUT2D eigenvalue weighted by Crippen LogP contribution is 2.41. The Morgan fingerprint density at radius 1 is 0.938 bits per heavy atom. The molecular formula is C27H28N2O3. The highest BCUT2D eigenvalue weighted by Gasteiger charge is 2.36. The molecule has 0 aromatic heterocycles. The molecule has 1 unspecified atom stereocenters. The Morgan fingerprint density at radius 3 is 2.19 bits per heavy atom. The molecule has 0 bridgehead atoms. The number of carbonyl (C=O) groups is 1. The van der Waals surface area contributed by atoms with Gasteiger partial charge in [0.25, 0.3) is 0 Å². The summed E-state index contributed by atoms with van der Waals surface area (Å²) in [6.45, 7) is 5.61. The van der Waals surface area contributed by atoms with Crippen LogP contribution in [-0.4, -0.2) is 24.5 Å². The monoisotopic (exact) mass is 428 g/mol. The third kappa shape index (κ3) is 4.83. The molecule has 4 rings (SSSR count). The number of benzene rings is 3. The maximum absolute atomic E-state index is 12.4. The van der Waals surface area contributed by atoms with Crippen molar-refractivity contribution in [3.63, 3.8) is 0 Å². The Morgan fingerprint density at radius 2 is 1.59 bits per heavy atom. The molecule has 1 aliphatic heterocycles. The molecule has 1 heterocycles. The van der Waals surface area contributed by atoms with Crippen molar-refractivity contribution in [2.45, 2.75) is 38.8 Å². The third-order valence-electron chi connectivity index (χ3n) is 5.26. The zero-order valence-electron chi connectivity index (χ0n) is 18.9. The summed E-state index contributed by atoms with van der Waals surface area (Å²) >= 11 is 0. The number of hydrogen-bond acceptors (Lipinski definition) is 4. The van der Waals surface area contributed by atoms with E-state index in [2.05, 4.69) is 4.90 Å². The van der Waals surface area contributed by atoms with Gasteiger partial charge in [0.05, 0.1) is 24.4 Å². The lowest BCUT2D eigenvalue weighted by Crippen LogP contribution is -2.46. The van der Waals surface area contributed by atoms with E-state index in [9.17, 15) is 4.79 Å². The minimum Gasteiger partial charge on any atom is -0.497 e. The van der Waals surface area contributed by atoms with Gasteiger partial charge < -0.3 is 14.4 Å². The summed E-state index contributed by atoms with van der Waals surface area (Å²) in [6.07, 6.45) is 0.812. The lowest BCUT2D eigenvalue weighted by molar-refractivity contribution is 0.00695. The number of carbonyl (C=O) groups excluding carboxylic acids is 1. The molecule has 1 atom stereocenters. The summed E-state index contributed by atoms with van der Waals surface area (Å²) < 4.78 is 10.8. The van der Waals surface area contributed by atoms with Crippen LogP contribution in [0.25, 0.3) is 0 Å². The second kappa shape index (κ2) is 8.87. The molecule has 164 valence electrons. The molecule has 0 aliphatic carbocycles. The van der Waals surface area contributed by atoms with Gasteiger partial charge in [0.1, 0.15) is 17.2 Å². The maximum atomic E-state index is 12.4. The molecule has 0 spiro atoms. The molecular weight excluding hydrogens is 400 g/mol. The van der Waals surface area contributed by atoms with Crippen LogP contribution in [0.3, 0.4) is 0 Å². The minimum atomic E-state index is -0.516. The van der Waals surface area contributed by atoms with Crippen molar-refractivity contribution in [1.82, 2.24) is 0 Å². The predicted octanol–water partition coefficient (Wildman–Crippen LogP) is 6.33. The molecule has 1 aliphatic rings. The maximum Gasteiger partial charge on any atom is 0.338 e. The van der Waals surface area contributed by atoms with Gasteiger partial charge in [0.15, 0.2) is 0 Å². The normalized spacial score (nSPS) is 17.1. The molecule has 3 aromatic carbocycles. The highest BCUT2D eigenvalue weighted by atomic mass is 16.6. The third-order valence-corrected chi connectivity index (χ3v) is 5.26. The molecule has 5 heteroatoms. The van der Waals surface area contributed by atoms with E-state index in [-0.39, 0.29) is 12.0 Å². The first-order valence-corrected chi connectivity index (χ1v) is 10.7. The van der Waals surface area contributed by atoms with Crippen molar-refractivity contribution in [1.29, 1.82) is 0 Å². The van der Waals surface area contributed by atoms with Crippen LogP contribution in [0, 0.1) is 0 Å². The topological polar surface area (TPSA) is 51.1 Å². The van der Waals surface area contributed by atoms with E-state index in [0.717, 1.165) is 34.9 Å². The summed E-state index contributed by atoms with van der Waals surface area (Å²) in [5.41, 5.74) is 3.14. The van der Waals surface area contributed by atoms with Gasteiger partial charge in [-0.2, -0.15) is 0 Å². The smallest absolute Gasteiger partial charge is 0.338 e. The summed E-state index contributed by atoms with van der Waals surface area (Å²) in [6, 6.07) is 25.8. The Hall–Kier alpha value is -3.60. The molecule has 0 radical (unpaired) electrons. The molecule has 3 aromatic rings. The number of aliphatic imine (C=N–C) groups is 1. The summed E-state index contributed by atoms with van der Waals surface area (Å²) in [5, 5.41) is 0. The Balaban J connectivity index is 1.61. The van der Waals surface area contributed by atoms with E-state index < -0.39 is 5.60 Å². The van der Waals surface area contributed by atoms with Crippen LogP contribution < -0.4 is 9.64 Å². The van der Waals surface area contributed by atoms with Crippen LogP contribution in [0.5, 0.6) is 5.75 Å². The van der Waals surface area contributed by atoms with Crippen LogP contribution >= 0.6 is 0 Å². The van der Waals surface area contributed by atoms with Gasteiger partial charge in [0, 0.05) is 12.1 Å². The highest BCUT2D eigenvalue weighted by molar-refractivity contribution is 6.06.